The lowest BCUT2D eigenvalue weighted by atomic mass is 9.78. The van der Waals surface area contributed by atoms with Crippen molar-refractivity contribution in [1.29, 1.82) is 5.26 Å². The van der Waals surface area contributed by atoms with E-state index in [9.17, 15) is 5.11 Å². The Hall–Kier alpha value is -1.53. The predicted molar refractivity (Wildman–Crippen MR) is 81.6 cm³/mol. The van der Waals surface area contributed by atoms with Crippen LogP contribution < -0.4 is 4.90 Å². The summed E-state index contributed by atoms with van der Waals surface area (Å²) in [5, 5.41) is 19.0. The van der Waals surface area contributed by atoms with Gasteiger partial charge in [-0.2, -0.15) is 5.26 Å². The minimum absolute atomic E-state index is 0.439. The molecule has 1 heterocycles. The number of hydrogen-bond acceptors (Lipinski definition) is 3. The maximum atomic E-state index is 9.94. The quantitative estimate of drug-likeness (QED) is 0.914. The Morgan fingerprint density at radius 2 is 2.05 bits per heavy atom. The van der Waals surface area contributed by atoms with Crippen molar-refractivity contribution in [3.05, 3.63) is 29.3 Å². The van der Waals surface area contributed by atoms with Crippen LogP contribution in [-0.4, -0.2) is 18.2 Å². The number of nitriles is 1. The first-order valence-electron chi connectivity index (χ1n) is 7.46. The molecule has 0 amide bonds. The van der Waals surface area contributed by atoms with E-state index in [2.05, 4.69) is 24.8 Å². The van der Waals surface area contributed by atoms with Gasteiger partial charge >= 0.3 is 0 Å². The van der Waals surface area contributed by atoms with Gasteiger partial charge in [0.05, 0.1) is 17.7 Å². The van der Waals surface area contributed by atoms with Crippen LogP contribution >= 0.6 is 0 Å². The molecule has 1 aromatic rings. The second-order valence-electron chi connectivity index (χ2n) is 6.21. The molecule has 0 unspecified atom stereocenters. The lowest BCUT2D eigenvalue weighted by Gasteiger charge is -2.41. The lowest BCUT2D eigenvalue weighted by Crippen LogP contribution is -2.39. The molecule has 1 N–H and O–H groups in total. The number of piperidine rings is 1. The van der Waals surface area contributed by atoms with E-state index >= 15 is 0 Å². The van der Waals surface area contributed by atoms with E-state index in [0.29, 0.717) is 11.0 Å². The topological polar surface area (TPSA) is 47.3 Å². The van der Waals surface area contributed by atoms with Crippen molar-refractivity contribution in [3.63, 3.8) is 0 Å². The largest absolute Gasteiger partial charge is 0.389 e. The highest BCUT2D eigenvalue weighted by atomic mass is 16.3. The second-order valence-corrected chi connectivity index (χ2v) is 6.21. The van der Waals surface area contributed by atoms with Gasteiger partial charge in [0.25, 0.3) is 0 Å². The van der Waals surface area contributed by atoms with Crippen LogP contribution in [0.15, 0.2) is 18.2 Å². The second kappa shape index (κ2) is 5.85. The summed E-state index contributed by atoms with van der Waals surface area (Å²) in [5.74, 6) is 0. The van der Waals surface area contributed by atoms with E-state index < -0.39 is 6.10 Å². The molecule has 108 valence electrons. The zero-order chi connectivity index (χ0) is 14.8. The van der Waals surface area contributed by atoms with Crippen molar-refractivity contribution in [2.75, 3.05) is 18.0 Å². The standard InChI is InChI=1S/C17H24N2O/c1-4-17(3)7-9-19(10-8-17)16-11-14(12-18)5-6-15(16)13(2)20/h5-6,11,13,20H,4,7-10H2,1-3H3/t13-/m1/s1. The van der Waals surface area contributed by atoms with Crippen LogP contribution in [0, 0.1) is 16.7 Å². The highest BCUT2D eigenvalue weighted by molar-refractivity contribution is 5.58. The van der Waals surface area contributed by atoms with Crippen LogP contribution in [0.3, 0.4) is 0 Å². The number of rotatable bonds is 3. The molecule has 1 fully saturated rings. The molecule has 0 spiro atoms. The number of hydrogen-bond donors (Lipinski definition) is 1. The number of benzene rings is 1. The lowest BCUT2D eigenvalue weighted by molar-refractivity contribution is 0.198. The van der Waals surface area contributed by atoms with E-state index in [1.807, 2.05) is 12.1 Å². The Bertz CT molecular complexity index is 508. The van der Waals surface area contributed by atoms with Gasteiger partial charge in [-0.3, -0.25) is 0 Å². The maximum absolute atomic E-state index is 9.94. The van der Waals surface area contributed by atoms with Gasteiger partial charge in [-0.25, -0.2) is 0 Å². The summed E-state index contributed by atoms with van der Waals surface area (Å²) in [5.41, 5.74) is 3.04. The fourth-order valence-electron chi connectivity index (χ4n) is 2.88. The minimum atomic E-state index is -0.503. The number of nitrogens with zero attached hydrogens (tertiary/aromatic N) is 2. The molecule has 2 rings (SSSR count). The summed E-state index contributed by atoms with van der Waals surface area (Å²) in [6.07, 6.45) is 3.04. The Kier molecular flexibility index (Phi) is 4.35. The van der Waals surface area contributed by atoms with E-state index in [0.717, 1.165) is 24.3 Å². The molecule has 1 atom stereocenters. The van der Waals surface area contributed by atoms with Crippen LogP contribution in [-0.2, 0) is 0 Å². The van der Waals surface area contributed by atoms with E-state index in [4.69, 9.17) is 5.26 Å². The molecular formula is C17H24N2O. The van der Waals surface area contributed by atoms with Gasteiger partial charge in [-0.05, 0) is 37.3 Å². The average Bonchev–Trinajstić information content (AvgIpc) is 2.47. The monoisotopic (exact) mass is 272 g/mol. The molecule has 1 aliphatic rings. The molecule has 0 bridgehead atoms. The first-order chi connectivity index (χ1) is 9.49. The number of aliphatic hydroxyl groups is 1. The molecule has 1 aromatic carbocycles. The third kappa shape index (κ3) is 2.96. The fraction of sp³-hybridized carbons (Fsp3) is 0.588. The van der Waals surface area contributed by atoms with Gasteiger partial charge in [0, 0.05) is 24.3 Å². The molecule has 0 aromatic heterocycles. The van der Waals surface area contributed by atoms with Gasteiger partial charge in [0.1, 0.15) is 0 Å². The highest BCUT2D eigenvalue weighted by Crippen LogP contribution is 2.37. The first-order valence-corrected chi connectivity index (χ1v) is 7.46. The van der Waals surface area contributed by atoms with Crippen molar-refractivity contribution in [1.82, 2.24) is 0 Å². The van der Waals surface area contributed by atoms with Gasteiger partial charge < -0.3 is 10.0 Å². The number of aliphatic hydroxyl groups excluding tert-OH is 1. The first kappa shape index (κ1) is 14.9. The Balaban J connectivity index is 2.26. The zero-order valence-corrected chi connectivity index (χ0v) is 12.7. The van der Waals surface area contributed by atoms with Gasteiger partial charge in [0.2, 0.25) is 0 Å². The highest BCUT2D eigenvalue weighted by Gasteiger charge is 2.29. The molecule has 0 radical (unpaired) electrons. The van der Waals surface area contributed by atoms with Crippen molar-refractivity contribution < 1.29 is 5.11 Å². The van der Waals surface area contributed by atoms with Crippen LogP contribution in [0.25, 0.3) is 0 Å². The maximum Gasteiger partial charge on any atom is 0.0992 e. The van der Waals surface area contributed by atoms with E-state index in [-0.39, 0.29) is 0 Å². The smallest absolute Gasteiger partial charge is 0.0992 e. The zero-order valence-electron chi connectivity index (χ0n) is 12.7. The third-order valence-electron chi connectivity index (χ3n) is 4.77. The minimum Gasteiger partial charge on any atom is -0.389 e. The van der Waals surface area contributed by atoms with Crippen LogP contribution in [0.2, 0.25) is 0 Å². The van der Waals surface area contributed by atoms with Gasteiger partial charge in [0.15, 0.2) is 0 Å². The van der Waals surface area contributed by atoms with E-state index in [1.165, 1.54) is 19.3 Å². The van der Waals surface area contributed by atoms with E-state index in [1.54, 1.807) is 13.0 Å². The van der Waals surface area contributed by atoms with Crippen molar-refractivity contribution in [2.24, 2.45) is 5.41 Å². The summed E-state index contributed by atoms with van der Waals surface area (Å²) in [6, 6.07) is 7.77. The van der Waals surface area contributed by atoms with Crippen LogP contribution in [0.5, 0.6) is 0 Å². The molecule has 0 aliphatic carbocycles. The predicted octanol–water partition coefficient (Wildman–Crippen LogP) is 3.63. The molecule has 3 heteroatoms. The summed E-state index contributed by atoms with van der Waals surface area (Å²) in [6.45, 7) is 8.39. The molecule has 20 heavy (non-hydrogen) atoms. The van der Waals surface area contributed by atoms with Crippen molar-refractivity contribution in [3.8, 4) is 6.07 Å². The molecule has 0 saturated carbocycles. The Morgan fingerprint density at radius 1 is 1.40 bits per heavy atom. The Labute approximate surface area is 121 Å². The summed E-state index contributed by atoms with van der Waals surface area (Å²) >= 11 is 0. The average molecular weight is 272 g/mol. The van der Waals surface area contributed by atoms with Gasteiger partial charge in [-0.1, -0.05) is 26.3 Å². The Morgan fingerprint density at radius 3 is 2.55 bits per heavy atom. The fourth-order valence-corrected chi connectivity index (χ4v) is 2.88. The van der Waals surface area contributed by atoms with Crippen LogP contribution in [0.1, 0.15) is 57.3 Å². The summed E-state index contributed by atoms with van der Waals surface area (Å²) < 4.78 is 0. The normalized spacial score (nSPS) is 19.4. The molecule has 1 saturated heterocycles. The van der Waals surface area contributed by atoms with Crippen molar-refractivity contribution in [2.45, 2.75) is 46.1 Å². The van der Waals surface area contributed by atoms with Gasteiger partial charge in [-0.15, -0.1) is 0 Å². The molecule has 1 aliphatic heterocycles. The summed E-state index contributed by atoms with van der Waals surface area (Å²) in [7, 11) is 0. The SMILES string of the molecule is CCC1(C)CCN(c2cc(C#N)ccc2[C@@H](C)O)CC1. The summed E-state index contributed by atoms with van der Waals surface area (Å²) in [4.78, 5) is 2.32. The number of anilines is 1. The molecule has 3 nitrogen and oxygen atoms in total. The molecular weight excluding hydrogens is 248 g/mol. The van der Waals surface area contributed by atoms with Crippen molar-refractivity contribution >= 4 is 5.69 Å². The van der Waals surface area contributed by atoms with Crippen LogP contribution in [0.4, 0.5) is 5.69 Å². The third-order valence-corrected chi connectivity index (χ3v) is 4.77.